The first-order chi connectivity index (χ1) is 7.60. The highest BCUT2D eigenvalue weighted by Crippen LogP contribution is 2.11. The van der Waals surface area contributed by atoms with Gasteiger partial charge in [0, 0.05) is 12.6 Å². The number of hydrogen-bond donors (Lipinski definition) is 1. The number of nitrogens with zero attached hydrogens (tertiary/aromatic N) is 1. The van der Waals surface area contributed by atoms with Crippen LogP contribution in [0.15, 0.2) is 23.2 Å². The molecule has 0 unspecified atom stereocenters. The van der Waals surface area contributed by atoms with Crippen LogP contribution in [0.25, 0.3) is 0 Å². The van der Waals surface area contributed by atoms with E-state index in [1.807, 2.05) is 13.8 Å². The molecule has 1 N–H and O–H groups in total. The molecule has 0 atom stereocenters. The Kier molecular flexibility index (Phi) is 4.70. The summed E-state index contributed by atoms with van der Waals surface area (Å²) in [4.78, 5) is 4.06. The molecule has 0 fully saturated rings. The Bertz CT molecular complexity index is 414. The number of rotatable bonds is 6. The van der Waals surface area contributed by atoms with Gasteiger partial charge in [0.2, 0.25) is 15.9 Å². The van der Waals surface area contributed by atoms with Crippen molar-refractivity contribution in [3.8, 4) is 5.88 Å². The third-order valence-corrected chi connectivity index (χ3v) is 3.30. The van der Waals surface area contributed by atoms with Crippen molar-refractivity contribution >= 4 is 10.0 Å². The first-order valence-electron chi connectivity index (χ1n) is 5.18. The van der Waals surface area contributed by atoms with Crippen LogP contribution < -0.4 is 9.46 Å². The number of hydrogen-bond acceptors (Lipinski definition) is 4. The Morgan fingerprint density at radius 3 is 2.62 bits per heavy atom. The van der Waals surface area contributed by atoms with Crippen LogP contribution in [0.2, 0.25) is 0 Å². The van der Waals surface area contributed by atoms with Crippen molar-refractivity contribution in [2.24, 2.45) is 0 Å². The van der Waals surface area contributed by atoms with Crippen LogP contribution in [-0.2, 0) is 10.0 Å². The Balaban J connectivity index is 2.80. The van der Waals surface area contributed by atoms with Crippen molar-refractivity contribution in [1.82, 2.24) is 9.71 Å². The molecule has 90 valence electrons. The van der Waals surface area contributed by atoms with E-state index in [0.29, 0.717) is 19.0 Å². The zero-order valence-corrected chi connectivity index (χ0v) is 10.3. The van der Waals surface area contributed by atoms with Crippen LogP contribution in [0.5, 0.6) is 5.88 Å². The first kappa shape index (κ1) is 12.9. The maximum Gasteiger partial charge on any atom is 0.242 e. The Morgan fingerprint density at radius 1 is 1.38 bits per heavy atom. The normalized spacial score (nSPS) is 11.4. The number of ether oxygens (including phenoxy) is 1. The Labute approximate surface area is 95.9 Å². The van der Waals surface area contributed by atoms with E-state index in [4.69, 9.17) is 4.74 Å². The fourth-order valence-corrected chi connectivity index (χ4v) is 2.16. The van der Waals surface area contributed by atoms with Crippen molar-refractivity contribution in [2.45, 2.75) is 25.2 Å². The van der Waals surface area contributed by atoms with Crippen LogP contribution in [0.1, 0.15) is 20.3 Å². The summed E-state index contributed by atoms with van der Waals surface area (Å²) in [6.07, 6.45) is 2.05. The highest BCUT2D eigenvalue weighted by molar-refractivity contribution is 7.89. The highest BCUT2D eigenvalue weighted by Gasteiger charge is 2.13. The van der Waals surface area contributed by atoms with Crippen molar-refractivity contribution < 1.29 is 13.2 Å². The van der Waals surface area contributed by atoms with Crippen molar-refractivity contribution in [1.29, 1.82) is 0 Å². The smallest absolute Gasteiger partial charge is 0.242 e. The third-order valence-electron chi connectivity index (χ3n) is 1.85. The lowest BCUT2D eigenvalue weighted by molar-refractivity contribution is 0.326. The second kappa shape index (κ2) is 5.81. The summed E-state index contributed by atoms with van der Waals surface area (Å²) >= 11 is 0. The molecule has 0 aliphatic heterocycles. The van der Waals surface area contributed by atoms with E-state index in [1.54, 1.807) is 6.07 Å². The molecule has 1 aromatic rings. The molecular weight excluding hydrogens is 228 g/mol. The van der Waals surface area contributed by atoms with Crippen LogP contribution in [-0.4, -0.2) is 26.6 Å². The summed E-state index contributed by atoms with van der Waals surface area (Å²) < 4.78 is 30.9. The summed E-state index contributed by atoms with van der Waals surface area (Å²) in [5.41, 5.74) is 0. The van der Waals surface area contributed by atoms with E-state index in [-0.39, 0.29) is 4.90 Å². The number of aromatic nitrogens is 1. The Morgan fingerprint density at radius 2 is 2.12 bits per heavy atom. The van der Waals surface area contributed by atoms with Gasteiger partial charge in [-0.1, -0.05) is 6.92 Å². The minimum absolute atomic E-state index is 0.157. The summed E-state index contributed by atoms with van der Waals surface area (Å²) in [7, 11) is -3.42. The third kappa shape index (κ3) is 3.46. The van der Waals surface area contributed by atoms with Crippen molar-refractivity contribution in [2.75, 3.05) is 13.2 Å². The molecule has 0 aliphatic rings. The molecule has 6 heteroatoms. The molecule has 0 bridgehead atoms. The number of pyridine rings is 1. The Hall–Kier alpha value is -1.14. The molecule has 1 heterocycles. The molecule has 0 spiro atoms. The van der Waals surface area contributed by atoms with E-state index in [9.17, 15) is 8.42 Å². The average Bonchev–Trinajstić information content (AvgIpc) is 2.28. The zero-order chi connectivity index (χ0) is 12.0. The molecule has 1 aromatic heterocycles. The van der Waals surface area contributed by atoms with Crippen LogP contribution >= 0.6 is 0 Å². The highest BCUT2D eigenvalue weighted by atomic mass is 32.2. The van der Waals surface area contributed by atoms with Gasteiger partial charge >= 0.3 is 0 Å². The van der Waals surface area contributed by atoms with Crippen LogP contribution in [0.3, 0.4) is 0 Å². The maximum absolute atomic E-state index is 11.7. The SMILES string of the molecule is CCCNS(=O)(=O)c1ccc(OCC)nc1. The maximum atomic E-state index is 11.7. The second-order valence-corrected chi connectivity index (χ2v) is 4.93. The fraction of sp³-hybridized carbons (Fsp3) is 0.500. The molecular formula is C10H16N2O3S. The lowest BCUT2D eigenvalue weighted by Crippen LogP contribution is -2.24. The fourth-order valence-electron chi connectivity index (χ4n) is 1.08. The molecule has 0 radical (unpaired) electrons. The topological polar surface area (TPSA) is 68.3 Å². The minimum atomic E-state index is -3.42. The molecule has 0 saturated carbocycles. The van der Waals surface area contributed by atoms with Gasteiger partial charge in [0.05, 0.1) is 12.8 Å². The minimum Gasteiger partial charge on any atom is -0.478 e. The summed E-state index contributed by atoms with van der Waals surface area (Å²) in [6, 6.07) is 3.03. The summed E-state index contributed by atoms with van der Waals surface area (Å²) in [5.74, 6) is 0.428. The van der Waals surface area contributed by atoms with Crippen LogP contribution in [0, 0.1) is 0 Å². The molecule has 0 amide bonds. The van der Waals surface area contributed by atoms with Gasteiger partial charge in [-0.05, 0) is 19.4 Å². The monoisotopic (exact) mass is 244 g/mol. The van der Waals surface area contributed by atoms with E-state index in [2.05, 4.69) is 9.71 Å². The lowest BCUT2D eigenvalue weighted by Gasteiger charge is -2.06. The molecule has 0 aliphatic carbocycles. The van der Waals surface area contributed by atoms with Gasteiger partial charge in [0.25, 0.3) is 0 Å². The van der Waals surface area contributed by atoms with Gasteiger partial charge in [0.1, 0.15) is 4.90 Å². The number of nitrogens with one attached hydrogen (secondary N) is 1. The summed E-state index contributed by atoms with van der Waals surface area (Å²) in [6.45, 7) is 4.68. The van der Waals surface area contributed by atoms with E-state index in [1.165, 1.54) is 12.3 Å². The molecule has 16 heavy (non-hydrogen) atoms. The van der Waals surface area contributed by atoms with Crippen molar-refractivity contribution in [3.63, 3.8) is 0 Å². The summed E-state index contributed by atoms with van der Waals surface area (Å²) in [5, 5.41) is 0. The molecule has 0 aromatic carbocycles. The quantitative estimate of drug-likeness (QED) is 0.815. The average molecular weight is 244 g/mol. The van der Waals surface area contributed by atoms with Gasteiger partial charge in [-0.25, -0.2) is 18.1 Å². The van der Waals surface area contributed by atoms with E-state index < -0.39 is 10.0 Å². The predicted molar refractivity (Wildman–Crippen MR) is 60.9 cm³/mol. The van der Waals surface area contributed by atoms with Gasteiger partial charge in [-0.2, -0.15) is 0 Å². The van der Waals surface area contributed by atoms with Gasteiger partial charge in [-0.15, -0.1) is 0 Å². The molecule has 5 nitrogen and oxygen atoms in total. The van der Waals surface area contributed by atoms with Gasteiger partial charge < -0.3 is 4.74 Å². The first-order valence-corrected chi connectivity index (χ1v) is 6.67. The standard InChI is InChI=1S/C10H16N2O3S/c1-3-7-12-16(13,14)9-5-6-10(11-8-9)15-4-2/h5-6,8,12H,3-4,7H2,1-2H3. The van der Waals surface area contributed by atoms with E-state index in [0.717, 1.165) is 6.42 Å². The second-order valence-electron chi connectivity index (χ2n) is 3.16. The zero-order valence-electron chi connectivity index (χ0n) is 9.43. The molecule has 1 rings (SSSR count). The van der Waals surface area contributed by atoms with E-state index >= 15 is 0 Å². The van der Waals surface area contributed by atoms with Gasteiger partial charge in [-0.3, -0.25) is 0 Å². The van der Waals surface area contributed by atoms with Crippen molar-refractivity contribution in [3.05, 3.63) is 18.3 Å². The predicted octanol–water partition coefficient (Wildman–Crippen LogP) is 1.17. The van der Waals surface area contributed by atoms with Crippen LogP contribution in [0.4, 0.5) is 0 Å². The lowest BCUT2D eigenvalue weighted by atomic mass is 10.5. The number of sulfonamides is 1. The largest absolute Gasteiger partial charge is 0.478 e. The molecule has 0 saturated heterocycles. The van der Waals surface area contributed by atoms with Gasteiger partial charge in [0.15, 0.2) is 0 Å².